The Hall–Kier alpha value is -0.300. The molecule has 0 heterocycles. The molecule has 0 rings (SSSR count). The molecule has 6 heteroatoms. The van der Waals surface area contributed by atoms with Crippen molar-refractivity contribution >= 4 is 22.2 Å². The lowest BCUT2D eigenvalue weighted by molar-refractivity contribution is 0.152. The van der Waals surface area contributed by atoms with E-state index in [0.29, 0.717) is 5.41 Å². The van der Waals surface area contributed by atoms with E-state index in [1.165, 1.54) is 5.41 Å². The summed E-state index contributed by atoms with van der Waals surface area (Å²) >= 11 is 0.899. The molecule has 0 aromatic heterocycles. The highest BCUT2D eigenvalue weighted by atomic mass is 32.2. The molecule has 0 radical (unpaired) electrons. The van der Waals surface area contributed by atoms with Crippen LogP contribution in [-0.4, -0.2) is 15.2 Å². The van der Waals surface area contributed by atoms with Crippen LogP contribution >= 0.6 is 12.0 Å². The van der Waals surface area contributed by atoms with Gasteiger partial charge in [0, 0.05) is 12.0 Å². The van der Waals surface area contributed by atoms with Crippen LogP contribution in [0, 0.1) is 0 Å². The molecule has 0 amide bonds. The van der Waals surface area contributed by atoms with Gasteiger partial charge in [-0.3, -0.25) is 4.18 Å². The summed E-state index contributed by atoms with van der Waals surface area (Å²) in [5.41, 5.74) is 0. The Morgan fingerprint density at radius 1 is 1.45 bits per heavy atom. The van der Waals surface area contributed by atoms with E-state index >= 15 is 0 Å². The predicted octanol–water partition coefficient (Wildman–Crippen LogP) is 1.24. The summed E-state index contributed by atoms with van der Waals surface area (Å²) in [7, 11) is -3.61. The zero-order valence-corrected chi connectivity index (χ0v) is 7.36. The second-order valence-corrected chi connectivity index (χ2v) is 3.59. The molecular weight excluding hydrogens is 188 g/mol. The maximum atomic E-state index is 10.5. The van der Waals surface area contributed by atoms with Crippen LogP contribution in [-0.2, 0) is 18.5 Å². The first-order valence-electron chi connectivity index (χ1n) is 2.53. The van der Waals surface area contributed by atoms with Crippen molar-refractivity contribution in [3.8, 4) is 0 Å². The van der Waals surface area contributed by atoms with Gasteiger partial charge in [-0.1, -0.05) is 13.2 Å². The number of rotatable bonds is 6. The summed E-state index contributed by atoms with van der Waals surface area (Å²) in [6, 6.07) is 0. The molecule has 0 atom stereocenters. The topological polar surface area (TPSA) is 52.6 Å². The third-order valence-electron chi connectivity index (χ3n) is 0.601. The molecule has 0 bridgehead atoms. The average Bonchev–Trinajstić information content (AvgIpc) is 1.99. The molecule has 0 fully saturated rings. The van der Waals surface area contributed by atoms with Gasteiger partial charge in [-0.25, -0.2) is 4.18 Å². The van der Waals surface area contributed by atoms with Crippen molar-refractivity contribution in [2.24, 2.45) is 0 Å². The Kier molecular flexibility index (Phi) is 5.22. The van der Waals surface area contributed by atoms with Gasteiger partial charge < -0.3 is 0 Å². The van der Waals surface area contributed by atoms with E-state index in [1.807, 2.05) is 0 Å². The lowest BCUT2D eigenvalue weighted by Crippen LogP contribution is -2.02. The monoisotopic (exact) mass is 196 g/mol. The third kappa shape index (κ3) is 6.11. The van der Waals surface area contributed by atoms with Crippen molar-refractivity contribution in [2.75, 3.05) is 6.79 Å². The molecule has 64 valence electrons. The van der Waals surface area contributed by atoms with Crippen LogP contribution in [0.1, 0.15) is 0 Å². The zero-order valence-electron chi connectivity index (χ0n) is 5.73. The fraction of sp³-hybridized carbons (Fsp3) is 0.200. The van der Waals surface area contributed by atoms with E-state index in [9.17, 15) is 8.42 Å². The van der Waals surface area contributed by atoms with Crippen molar-refractivity contribution < 1.29 is 16.8 Å². The summed E-state index contributed by atoms with van der Waals surface area (Å²) in [4.78, 5) is 0. The Balaban J connectivity index is 3.54. The first kappa shape index (κ1) is 10.7. The SMILES string of the molecule is C=CSOCOS(=O)(=O)C=C. The van der Waals surface area contributed by atoms with Crippen molar-refractivity contribution in [1.29, 1.82) is 0 Å². The van der Waals surface area contributed by atoms with Gasteiger partial charge in [0.25, 0.3) is 10.1 Å². The molecule has 4 nitrogen and oxygen atoms in total. The molecule has 0 unspecified atom stereocenters. The molecule has 0 aromatic rings. The number of hydrogen-bond donors (Lipinski definition) is 0. The molecule has 0 saturated heterocycles. The minimum absolute atomic E-state index is 0.342. The van der Waals surface area contributed by atoms with Crippen LogP contribution in [0.4, 0.5) is 0 Å². The van der Waals surface area contributed by atoms with Gasteiger partial charge in [0.1, 0.15) is 0 Å². The van der Waals surface area contributed by atoms with Crippen molar-refractivity contribution in [1.82, 2.24) is 0 Å². The first-order chi connectivity index (χ1) is 5.12. The van der Waals surface area contributed by atoms with Gasteiger partial charge in [0.05, 0.1) is 5.41 Å². The van der Waals surface area contributed by atoms with Crippen LogP contribution in [0.25, 0.3) is 0 Å². The Labute approximate surface area is 70.2 Å². The molecule has 11 heavy (non-hydrogen) atoms. The largest absolute Gasteiger partial charge is 0.291 e. The summed E-state index contributed by atoms with van der Waals surface area (Å²) in [6.45, 7) is 6.02. The summed E-state index contributed by atoms with van der Waals surface area (Å²) in [5, 5.41) is 2.11. The van der Waals surface area contributed by atoms with Gasteiger partial charge in [-0.15, -0.1) is 0 Å². The molecule has 0 N–H and O–H groups in total. The van der Waals surface area contributed by atoms with Crippen LogP contribution in [0.15, 0.2) is 24.0 Å². The molecule has 0 aliphatic heterocycles. The lowest BCUT2D eigenvalue weighted by Gasteiger charge is -1.98. The highest BCUT2D eigenvalue weighted by Gasteiger charge is 2.02. The first-order valence-corrected chi connectivity index (χ1v) is 4.81. The van der Waals surface area contributed by atoms with Crippen LogP contribution in [0.5, 0.6) is 0 Å². The lowest BCUT2D eigenvalue weighted by atomic mass is 11.3. The standard InChI is InChI=1S/C5H8O4S2/c1-3-10-8-5-9-11(6,7)4-2/h3-4H,1-2,5H2. The fourth-order valence-electron chi connectivity index (χ4n) is 0.211. The Morgan fingerprint density at radius 3 is 2.55 bits per heavy atom. The zero-order chi connectivity index (χ0) is 8.74. The van der Waals surface area contributed by atoms with Crippen molar-refractivity contribution in [3.05, 3.63) is 24.0 Å². The van der Waals surface area contributed by atoms with E-state index in [2.05, 4.69) is 21.5 Å². The van der Waals surface area contributed by atoms with Gasteiger partial charge in [0.15, 0.2) is 6.79 Å². The van der Waals surface area contributed by atoms with Gasteiger partial charge in [-0.2, -0.15) is 8.42 Å². The van der Waals surface area contributed by atoms with Crippen molar-refractivity contribution in [2.45, 2.75) is 0 Å². The molecule has 0 aromatic carbocycles. The van der Waals surface area contributed by atoms with Gasteiger partial charge in [0.2, 0.25) is 0 Å². The Bertz CT molecular complexity index is 219. The van der Waals surface area contributed by atoms with E-state index in [4.69, 9.17) is 0 Å². The van der Waals surface area contributed by atoms with Crippen LogP contribution in [0.2, 0.25) is 0 Å². The van der Waals surface area contributed by atoms with Gasteiger partial charge in [-0.05, 0) is 5.41 Å². The normalized spacial score (nSPS) is 10.9. The second kappa shape index (κ2) is 5.36. The third-order valence-corrected chi connectivity index (χ3v) is 1.80. The highest BCUT2D eigenvalue weighted by Crippen LogP contribution is 2.03. The van der Waals surface area contributed by atoms with Crippen LogP contribution < -0.4 is 0 Å². The molecular formula is C5H8O4S2. The quantitative estimate of drug-likeness (QED) is 0.277. The van der Waals surface area contributed by atoms with E-state index in [0.717, 1.165) is 12.0 Å². The maximum Gasteiger partial charge on any atom is 0.291 e. The minimum Gasteiger partial charge on any atom is -0.281 e. The fourth-order valence-corrected chi connectivity index (χ4v) is 0.750. The van der Waals surface area contributed by atoms with E-state index in [-0.39, 0.29) is 6.79 Å². The summed E-state index contributed by atoms with van der Waals surface area (Å²) < 4.78 is 29.8. The predicted molar refractivity (Wildman–Crippen MR) is 43.9 cm³/mol. The molecule has 0 aliphatic carbocycles. The van der Waals surface area contributed by atoms with Gasteiger partial charge >= 0.3 is 0 Å². The summed E-state index contributed by atoms with van der Waals surface area (Å²) in [6.07, 6.45) is 0. The number of hydrogen-bond acceptors (Lipinski definition) is 5. The van der Waals surface area contributed by atoms with E-state index < -0.39 is 10.1 Å². The summed E-state index contributed by atoms with van der Waals surface area (Å²) in [5.74, 6) is 0. The van der Waals surface area contributed by atoms with E-state index in [1.54, 1.807) is 0 Å². The molecule has 0 aliphatic rings. The smallest absolute Gasteiger partial charge is 0.281 e. The average molecular weight is 196 g/mol. The molecule has 0 spiro atoms. The second-order valence-electron chi connectivity index (χ2n) is 1.28. The van der Waals surface area contributed by atoms with Crippen molar-refractivity contribution in [3.63, 3.8) is 0 Å². The Morgan fingerprint density at radius 2 is 2.09 bits per heavy atom. The highest BCUT2D eigenvalue weighted by molar-refractivity contribution is 7.97. The molecule has 0 saturated carbocycles. The maximum absolute atomic E-state index is 10.5. The van der Waals surface area contributed by atoms with Crippen LogP contribution in [0.3, 0.4) is 0 Å². The minimum atomic E-state index is -3.61.